The van der Waals surface area contributed by atoms with Gasteiger partial charge in [-0.05, 0) is 6.92 Å². The maximum atomic E-state index is 9.62. The summed E-state index contributed by atoms with van der Waals surface area (Å²) >= 11 is 16.3. The fourth-order valence-corrected chi connectivity index (χ4v) is 1.52. The van der Waals surface area contributed by atoms with Gasteiger partial charge >= 0.3 is 0 Å². The zero-order valence-electron chi connectivity index (χ0n) is 6.47. The van der Waals surface area contributed by atoms with Gasteiger partial charge in [0.15, 0.2) is 0 Å². The Kier molecular flexibility index (Phi) is 4.58. The minimum absolute atomic E-state index is 0.193. The molecule has 0 aliphatic rings. The fraction of sp³-hybridized carbons (Fsp3) is 1.00. The molecule has 0 saturated heterocycles. The van der Waals surface area contributed by atoms with Gasteiger partial charge in [0.1, 0.15) is 5.60 Å². The molecule has 0 aliphatic heterocycles. The maximum Gasteiger partial charge on any atom is 0.221 e. The molecule has 0 radical (unpaired) electrons. The van der Waals surface area contributed by atoms with Crippen LogP contribution in [0, 0.1) is 0 Å². The standard InChI is InChI=1S/C6H11Cl3O3/c1-4(11)5(12,2-3-10)6(7,8)9/h4,10-12H,2-3H2,1H3. The third-order valence-corrected chi connectivity index (χ3v) is 2.66. The lowest BCUT2D eigenvalue weighted by molar-refractivity contribution is -0.0761. The van der Waals surface area contributed by atoms with Crippen molar-refractivity contribution in [2.75, 3.05) is 6.61 Å². The molecule has 0 heterocycles. The van der Waals surface area contributed by atoms with Gasteiger partial charge in [0, 0.05) is 13.0 Å². The van der Waals surface area contributed by atoms with Gasteiger partial charge in [-0.2, -0.15) is 0 Å². The van der Waals surface area contributed by atoms with Crippen LogP contribution in [0.3, 0.4) is 0 Å². The summed E-state index contributed by atoms with van der Waals surface area (Å²) in [6, 6.07) is 0. The largest absolute Gasteiger partial charge is 0.396 e. The molecule has 0 aromatic heterocycles. The van der Waals surface area contributed by atoms with Crippen molar-refractivity contribution in [3.05, 3.63) is 0 Å². The van der Waals surface area contributed by atoms with Crippen molar-refractivity contribution in [2.24, 2.45) is 0 Å². The normalized spacial score (nSPS) is 20.2. The average molecular weight is 238 g/mol. The lowest BCUT2D eigenvalue weighted by Crippen LogP contribution is -2.52. The van der Waals surface area contributed by atoms with Gasteiger partial charge in [0.25, 0.3) is 0 Å². The number of aliphatic hydroxyl groups excluding tert-OH is 2. The van der Waals surface area contributed by atoms with E-state index in [2.05, 4.69) is 0 Å². The van der Waals surface area contributed by atoms with Crippen LogP contribution in [0.1, 0.15) is 13.3 Å². The predicted octanol–water partition coefficient (Wildman–Crippen LogP) is 0.851. The van der Waals surface area contributed by atoms with E-state index in [0.29, 0.717) is 0 Å². The number of aliphatic hydroxyl groups is 3. The lowest BCUT2D eigenvalue weighted by atomic mass is 9.96. The second-order valence-electron chi connectivity index (χ2n) is 2.57. The van der Waals surface area contributed by atoms with Crippen LogP contribution in [0.5, 0.6) is 0 Å². The van der Waals surface area contributed by atoms with Crippen molar-refractivity contribution in [1.82, 2.24) is 0 Å². The monoisotopic (exact) mass is 236 g/mol. The summed E-state index contributed by atoms with van der Waals surface area (Å²) in [5.41, 5.74) is -1.91. The molecule has 0 spiro atoms. The number of halogens is 3. The molecule has 2 unspecified atom stereocenters. The summed E-state index contributed by atoms with van der Waals surface area (Å²) in [7, 11) is 0. The van der Waals surface area contributed by atoms with Crippen molar-refractivity contribution in [3.63, 3.8) is 0 Å². The second-order valence-corrected chi connectivity index (χ2v) is 4.85. The molecule has 0 aromatic carbocycles. The van der Waals surface area contributed by atoms with Crippen LogP contribution in [0.4, 0.5) is 0 Å². The Hall–Kier alpha value is 0.750. The van der Waals surface area contributed by atoms with E-state index in [9.17, 15) is 5.11 Å². The van der Waals surface area contributed by atoms with E-state index in [1.165, 1.54) is 6.92 Å². The van der Waals surface area contributed by atoms with E-state index in [1.54, 1.807) is 0 Å². The Morgan fingerprint density at radius 1 is 1.33 bits per heavy atom. The highest BCUT2D eigenvalue weighted by atomic mass is 35.6. The van der Waals surface area contributed by atoms with Crippen molar-refractivity contribution >= 4 is 34.8 Å². The van der Waals surface area contributed by atoms with Gasteiger partial charge < -0.3 is 15.3 Å². The highest BCUT2D eigenvalue weighted by molar-refractivity contribution is 6.68. The molecule has 12 heavy (non-hydrogen) atoms. The molecule has 0 aromatic rings. The molecular formula is C6H11Cl3O3. The van der Waals surface area contributed by atoms with E-state index in [4.69, 9.17) is 45.0 Å². The molecule has 0 fully saturated rings. The molecule has 0 amide bonds. The summed E-state index contributed by atoms with van der Waals surface area (Å²) in [6.45, 7) is 0.923. The van der Waals surface area contributed by atoms with Gasteiger partial charge in [-0.3, -0.25) is 0 Å². The van der Waals surface area contributed by atoms with Crippen LogP contribution in [-0.2, 0) is 0 Å². The smallest absolute Gasteiger partial charge is 0.221 e. The SMILES string of the molecule is CC(O)C(O)(CCO)C(Cl)(Cl)Cl. The van der Waals surface area contributed by atoms with E-state index in [0.717, 1.165) is 0 Å². The van der Waals surface area contributed by atoms with Gasteiger partial charge in [-0.25, -0.2) is 0 Å². The molecule has 74 valence electrons. The first-order valence-corrected chi connectivity index (χ1v) is 4.47. The Balaban J connectivity index is 4.62. The summed E-state index contributed by atoms with van der Waals surface area (Å²) < 4.78 is -2.01. The maximum absolute atomic E-state index is 9.62. The van der Waals surface area contributed by atoms with Crippen LogP contribution in [-0.4, -0.2) is 37.4 Å². The van der Waals surface area contributed by atoms with E-state index in [-0.39, 0.29) is 13.0 Å². The van der Waals surface area contributed by atoms with Crippen LogP contribution in [0.2, 0.25) is 0 Å². The third kappa shape index (κ3) is 2.62. The number of rotatable bonds is 3. The van der Waals surface area contributed by atoms with Gasteiger partial charge in [-0.1, -0.05) is 34.8 Å². The molecule has 3 nitrogen and oxygen atoms in total. The Morgan fingerprint density at radius 2 is 1.75 bits per heavy atom. The molecule has 0 saturated carbocycles. The molecule has 3 N–H and O–H groups in total. The van der Waals surface area contributed by atoms with Crippen molar-refractivity contribution in [2.45, 2.75) is 28.8 Å². The third-order valence-electron chi connectivity index (χ3n) is 1.67. The van der Waals surface area contributed by atoms with E-state index >= 15 is 0 Å². The topological polar surface area (TPSA) is 60.7 Å². The molecule has 6 heteroatoms. The number of alkyl halides is 3. The van der Waals surface area contributed by atoms with Gasteiger partial charge in [-0.15, -0.1) is 0 Å². The predicted molar refractivity (Wildman–Crippen MR) is 48.6 cm³/mol. The minimum atomic E-state index is -2.01. The fourth-order valence-electron chi connectivity index (χ4n) is 0.758. The first-order chi connectivity index (χ1) is 5.25. The van der Waals surface area contributed by atoms with Gasteiger partial charge in [0.05, 0.1) is 6.10 Å². The quantitative estimate of drug-likeness (QED) is 0.638. The summed E-state index contributed by atoms with van der Waals surface area (Å²) in [5, 5.41) is 27.3. The van der Waals surface area contributed by atoms with Crippen LogP contribution < -0.4 is 0 Å². The summed E-state index contributed by atoms with van der Waals surface area (Å²) in [4.78, 5) is 0. The van der Waals surface area contributed by atoms with Crippen LogP contribution in [0.15, 0.2) is 0 Å². The zero-order valence-corrected chi connectivity index (χ0v) is 8.73. The Labute approximate surface area is 85.9 Å². The number of hydrogen-bond acceptors (Lipinski definition) is 3. The van der Waals surface area contributed by atoms with Crippen molar-refractivity contribution in [3.8, 4) is 0 Å². The zero-order chi connectivity index (χ0) is 9.99. The highest BCUT2D eigenvalue weighted by Crippen LogP contribution is 2.42. The number of hydrogen-bond donors (Lipinski definition) is 3. The van der Waals surface area contributed by atoms with E-state index < -0.39 is 15.5 Å². The highest BCUT2D eigenvalue weighted by Gasteiger charge is 2.50. The summed E-state index contributed by atoms with van der Waals surface area (Å²) in [6.07, 6.45) is -1.42. The lowest BCUT2D eigenvalue weighted by Gasteiger charge is -2.36. The molecule has 2 atom stereocenters. The summed E-state index contributed by atoms with van der Waals surface area (Å²) in [5.74, 6) is 0. The minimum Gasteiger partial charge on any atom is -0.396 e. The van der Waals surface area contributed by atoms with Gasteiger partial charge in [0.2, 0.25) is 3.79 Å². The molecule has 0 bridgehead atoms. The van der Waals surface area contributed by atoms with E-state index in [1.807, 2.05) is 0 Å². The average Bonchev–Trinajstić information content (AvgIpc) is 1.85. The van der Waals surface area contributed by atoms with Crippen molar-refractivity contribution < 1.29 is 15.3 Å². The molecule has 0 rings (SSSR count). The van der Waals surface area contributed by atoms with Crippen LogP contribution in [0.25, 0.3) is 0 Å². The van der Waals surface area contributed by atoms with Crippen molar-refractivity contribution in [1.29, 1.82) is 0 Å². The Morgan fingerprint density at radius 3 is 1.83 bits per heavy atom. The molecular weight excluding hydrogens is 226 g/mol. The Bertz CT molecular complexity index is 145. The first-order valence-electron chi connectivity index (χ1n) is 3.33. The first kappa shape index (κ1) is 12.8. The second kappa shape index (κ2) is 4.31. The van der Waals surface area contributed by atoms with Crippen LogP contribution >= 0.6 is 34.8 Å². The molecule has 0 aliphatic carbocycles.